The largest absolute Gasteiger partial charge is 0.435 e. The van der Waals surface area contributed by atoms with Gasteiger partial charge in [-0.05, 0) is 55.3 Å². The van der Waals surface area contributed by atoms with Crippen LogP contribution in [-0.2, 0) is 0 Å². The molecule has 0 aliphatic carbocycles. The second kappa shape index (κ2) is 9.10. The molecule has 7 heteroatoms. The molecule has 0 saturated carbocycles. The van der Waals surface area contributed by atoms with Crippen LogP contribution in [0.1, 0.15) is 35.3 Å². The average molecular weight is 392 g/mol. The summed E-state index contributed by atoms with van der Waals surface area (Å²) in [5, 5.41) is 0. The molecule has 0 aromatic heterocycles. The lowest BCUT2D eigenvalue weighted by Crippen LogP contribution is -2.35. The molecule has 0 spiro atoms. The van der Waals surface area contributed by atoms with Crippen LogP contribution in [0.2, 0.25) is 0 Å². The molecule has 0 radical (unpaired) electrons. The Morgan fingerprint density at radius 1 is 0.964 bits per heavy atom. The number of benzene rings is 2. The molecule has 1 amide bonds. The zero-order valence-electron chi connectivity index (χ0n) is 15.7. The Morgan fingerprint density at radius 2 is 1.64 bits per heavy atom. The smallest absolute Gasteiger partial charge is 0.387 e. The molecule has 1 saturated heterocycles. The first-order valence-corrected chi connectivity index (χ1v) is 9.27. The summed E-state index contributed by atoms with van der Waals surface area (Å²) in [5.41, 5.74) is 1.48. The molecule has 3 rings (SSSR count). The van der Waals surface area contributed by atoms with E-state index in [0.29, 0.717) is 25.2 Å². The third-order valence-corrected chi connectivity index (χ3v) is 5.04. The fourth-order valence-electron chi connectivity index (χ4n) is 3.44. The van der Waals surface area contributed by atoms with Gasteiger partial charge in [0.1, 0.15) is 11.6 Å². The zero-order valence-corrected chi connectivity index (χ0v) is 15.7. The first-order valence-electron chi connectivity index (χ1n) is 9.27. The number of rotatable bonds is 5. The van der Waals surface area contributed by atoms with E-state index >= 15 is 0 Å². The van der Waals surface area contributed by atoms with Crippen LogP contribution >= 0.6 is 0 Å². The molecular weight excluding hydrogens is 369 g/mol. The van der Waals surface area contributed by atoms with Crippen LogP contribution in [-0.4, -0.2) is 48.5 Å². The predicted molar refractivity (Wildman–Crippen MR) is 100.0 cm³/mol. The molecule has 1 fully saturated rings. The summed E-state index contributed by atoms with van der Waals surface area (Å²) in [6.07, 6.45) is 0.823. The fourth-order valence-corrected chi connectivity index (χ4v) is 3.44. The molecule has 1 atom stereocenters. The van der Waals surface area contributed by atoms with Crippen LogP contribution in [0.15, 0.2) is 48.5 Å². The molecular formula is C21H23F3N2O2. The van der Waals surface area contributed by atoms with Crippen molar-refractivity contribution in [2.45, 2.75) is 26.0 Å². The van der Waals surface area contributed by atoms with Gasteiger partial charge in [-0.1, -0.05) is 12.1 Å². The van der Waals surface area contributed by atoms with E-state index in [4.69, 9.17) is 0 Å². The normalized spacial score (nSPS) is 16.7. The highest BCUT2D eigenvalue weighted by atomic mass is 19.3. The monoisotopic (exact) mass is 392 g/mol. The van der Waals surface area contributed by atoms with Gasteiger partial charge in [0.15, 0.2) is 0 Å². The minimum atomic E-state index is -2.83. The Morgan fingerprint density at radius 3 is 2.29 bits per heavy atom. The summed E-state index contributed by atoms with van der Waals surface area (Å²) < 4.78 is 42.0. The van der Waals surface area contributed by atoms with E-state index in [-0.39, 0.29) is 23.5 Å². The van der Waals surface area contributed by atoms with Gasteiger partial charge in [-0.2, -0.15) is 8.78 Å². The highest BCUT2D eigenvalue weighted by Crippen LogP contribution is 2.25. The Bertz CT molecular complexity index is 781. The molecule has 1 heterocycles. The molecule has 2 aromatic carbocycles. The number of carbonyl (C=O) groups excluding carboxylic acids is 1. The van der Waals surface area contributed by atoms with E-state index in [1.807, 2.05) is 0 Å². The van der Waals surface area contributed by atoms with Crippen molar-refractivity contribution >= 4 is 5.91 Å². The fraction of sp³-hybridized carbons (Fsp3) is 0.381. The SMILES string of the molecule is CC(c1ccc(OC(F)F)cc1)N1CCCN(C(=O)c2ccc(F)cc2)CC1. The number of carbonyl (C=O) groups is 1. The van der Waals surface area contributed by atoms with E-state index in [1.54, 1.807) is 29.2 Å². The standard InChI is InChI=1S/C21H23F3N2O2/c1-15(16-5-9-19(10-6-16)28-21(23)24)25-11-2-12-26(14-13-25)20(27)17-3-7-18(22)8-4-17/h3-10,15,21H,2,11-14H2,1H3. The van der Waals surface area contributed by atoms with Crippen molar-refractivity contribution in [2.75, 3.05) is 26.2 Å². The number of ether oxygens (including phenoxy) is 1. The second-order valence-electron chi connectivity index (χ2n) is 6.81. The van der Waals surface area contributed by atoms with Crippen molar-refractivity contribution in [1.82, 2.24) is 9.80 Å². The van der Waals surface area contributed by atoms with Crippen LogP contribution in [0.25, 0.3) is 0 Å². The van der Waals surface area contributed by atoms with Gasteiger partial charge in [-0.15, -0.1) is 0 Å². The number of alkyl halides is 2. The molecule has 2 aromatic rings. The van der Waals surface area contributed by atoms with E-state index in [9.17, 15) is 18.0 Å². The van der Waals surface area contributed by atoms with Gasteiger partial charge < -0.3 is 9.64 Å². The van der Waals surface area contributed by atoms with Crippen LogP contribution in [0, 0.1) is 5.82 Å². The summed E-state index contributed by atoms with van der Waals surface area (Å²) >= 11 is 0. The molecule has 1 aliphatic rings. The number of hydrogen-bond donors (Lipinski definition) is 0. The summed E-state index contributed by atoms with van der Waals surface area (Å²) in [6, 6.07) is 12.3. The highest BCUT2D eigenvalue weighted by molar-refractivity contribution is 5.94. The number of amides is 1. The summed E-state index contributed by atoms with van der Waals surface area (Å²) in [6.45, 7) is 1.96. The first kappa shape index (κ1) is 20.2. The van der Waals surface area contributed by atoms with E-state index in [0.717, 1.165) is 18.5 Å². The Labute approximate surface area is 162 Å². The van der Waals surface area contributed by atoms with Gasteiger partial charge in [0.25, 0.3) is 5.91 Å². The van der Waals surface area contributed by atoms with Gasteiger partial charge in [0.05, 0.1) is 0 Å². The molecule has 0 bridgehead atoms. The molecule has 150 valence electrons. The Balaban J connectivity index is 1.61. The summed E-state index contributed by atoms with van der Waals surface area (Å²) in [7, 11) is 0. The van der Waals surface area contributed by atoms with Gasteiger partial charge in [-0.25, -0.2) is 4.39 Å². The second-order valence-corrected chi connectivity index (χ2v) is 6.81. The minimum absolute atomic E-state index is 0.0847. The van der Waals surface area contributed by atoms with E-state index in [2.05, 4.69) is 16.6 Å². The van der Waals surface area contributed by atoms with Crippen molar-refractivity contribution in [1.29, 1.82) is 0 Å². The topological polar surface area (TPSA) is 32.8 Å². The van der Waals surface area contributed by atoms with Gasteiger partial charge in [0, 0.05) is 37.8 Å². The Hall–Kier alpha value is -2.54. The number of hydrogen-bond acceptors (Lipinski definition) is 3. The summed E-state index contributed by atoms with van der Waals surface area (Å²) in [4.78, 5) is 16.7. The lowest BCUT2D eigenvalue weighted by atomic mass is 10.1. The van der Waals surface area contributed by atoms with E-state index < -0.39 is 6.61 Å². The van der Waals surface area contributed by atoms with Gasteiger partial charge in [-0.3, -0.25) is 9.69 Å². The van der Waals surface area contributed by atoms with Crippen molar-refractivity contribution in [2.24, 2.45) is 0 Å². The van der Waals surface area contributed by atoms with Crippen molar-refractivity contribution in [3.8, 4) is 5.75 Å². The van der Waals surface area contributed by atoms with Crippen LogP contribution in [0.5, 0.6) is 5.75 Å². The third kappa shape index (κ3) is 5.04. The number of halogens is 3. The highest BCUT2D eigenvalue weighted by Gasteiger charge is 2.23. The maximum absolute atomic E-state index is 13.1. The number of nitrogens with zero attached hydrogens (tertiary/aromatic N) is 2. The average Bonchev–Trinajstić information content (AvgIpc) is 2.94. The Kier molecular flexibility index (Phi) is 6.57. The lowest BCUT2D eigenvalue weighted by molar-refractivity contribution is -0.0498. The minimum Gasteiger partial charge on any atom is -0.435 e. The molecule has 1 unspecified atom stereocenters. The first-order chi connectivity index (χ1) is 13.4. The van der Waals surface area contributed by atoms with Gasteiger partial charge >= 0.3 is 6.61 Å². The predicted octanol–water partition coefficient (Wildman–Crippen LogP) is 4.34. The van der Waals surface area contributed by atoms with Crippen LogP contribution in [0.3, 0.4) is 0 Å². The lowest BCUT2D eigenvalue weighted by Gasteiger charge is -2.28. The zero-order chi connectivity index (χ0) is 20.1. The maximum Gasteiger partial charge on any atom is 0.387 e. The molecule has 4 nitrogen and oxygen atoms in total. The third-order valence-electron chi connectivity index (χ3n) is 5.04. The van der Waals surface area contributed by atoms with Crippen LogP contribution in [0.4, 0.5) is 13.2 Å². The van der Waals surface area contributed by atoms with E-state index in [1.165, 1.54) is 24.3 Å². The molecule has 0 N–H and O–H groups in total. The maximum atomic E-state index is 13.1. The molecule has 1 aliphatic heterocycles. The quantitative estimate of drug-likeness (QED) is 0.759. The van der Waals surface area contributed by atoms with Crippen molar-refractivity contribution in [3.05, 3.63) is 65.5 Å². The molecule has 28 heavy (non-hydrogen) atoms. The summed E-state index contributed by atoms with van der Waals surface area (Å²) in [5.74, 6) is -0.321. The van der Waals surface area contributed by atoms with Crippen molar-refractivity contribution in [3.63, 3.8) is 0 Å². The van der Waals surface area contributed by atoms with Crippen LogP contribution < -0.4 is 4.74 Å². The van der Waals surface area contributed by atoms with Crippen molar-refractivity contribution < 1.29 is 22.7 Å². The van der Waals surface area contributed by atoms with Gasteiger partial charge in [0.2, 0.25) is 0 Å².